The summed E-state index contributed by atoms with van der Waals surface area (Å²) in [4.78, 5) is 82.8. The molecule has 0 bridgehead atoms. The van der Waals surface area contributed by atoms with Gasteiger partial charge in [-0.2, -0.15) is 0 Å². The molecule has 0 saturated carbocycles. The third kappa shape index (κ3) is 9.17. The molecule has 0 saturated heterocycles. The van der Waals surface area contributed by atoms with Gasteiger partial charge in [0.1, 0.15) is 13.1 Å². The molecule has 0 spiro atoms. The van der Waals surface area contributed by atoms with Crippen molar-refractivity contribution >= 4 is 34.1 Å². The molecule has 0 aliphatic heterocycles. The molecule has 0 aliphatic rings. The van der Waals surface area contributed by atoms with Crippen LogP contribution < -0.4 is 33.1 Å². The molecular weight excluding hydrogens is 622 g/mol. The van der Waals surface area contributed by atoms with Gasteiger partial charge in [0, 0.05) is 41.3 Å². The topological polar surface area (TPSA) is 185 Å². The number of hydrogen-bond donors (Lipinski definition) is 2. The minimum Gasteiger partial charge on any atom is -0.355 e. The average Bonchev–Trinajstić information content (AvgIpc) is 3.63. The van der Waals surface area contributed by atoms with Crippen LogP contribution in [0.5, 0.6) is 0 Å². The second-order valence-electron chi connectivity index (χ2n) is 13.4. The van der Waals surface area contributed by atoms with Gasteiger partial charge in [-0.3, -0.25) is 37.4 Å². The Morgan fingerprint density at radius 3 is 1.50 bits per heavy atom. The van der Waals surface area contributed by atoms with E-state index in [2.05, 4.69) is 46.3 Å². The standard InChI is InChI=1S/C16H25N5O3.C15H24N6O3/c1-16(2,3)7-6-8-17-11(22)9-21-10-18-13-12(21)14(23)20(5)15(24)19(13)4;1-18(2)8-6-5-7-16-11(22)9-21-10-17-13-12(21)14(23)20(4)15(24)19(13)3/h10H,6-9H2,1-5H3,(H,17,22);10H,5-9H2,1-4H3,(H,16,22). The van der Waals surface area contributed by atoms with Crippen molar-refractivity contribution in [1.82, 2.24) is 52.9 Å². The van der Waals surface area contributed by atoms with Crippen LogP contribution >= 0.6 is 0 Å². The summed E-state index contributed by atoms with van der Waals surface area (Å²) >= 11 is 0. The molecule has 0 atom stereocenters. The van der Waals surface area contributed by atoms with Gasteiger partial charge < -0.3 is 24.7 Å². The monoisotopic (exact) mass is 671 g/mol. The molecular formula is C31H49N11O6. The van der Waals surface area contributed by atoms with Crippen molar-refractivity contribution in [2.75, 3.05) is 33.7 Å². The van der Waals surface area contributed by atoms with Crippen molar-refractivity contribution in [3.63, 3.8) is 0 Å². The smallest absolute Gasteiger partial charge is 0.332 e. The number of nitrogens with zero attached hydrogens (tertiary/aromatic N) is 9. The first-order chi connectivity index (χ1) is 22.4. The summed E-state index contributed by atoms with van der Waals surface area (Å²) in [7, 11) is 9.94. The van der Waals surface area contributed by atoms with Crippen LogP contribution in [0.15, 0.2) is 31.8 Å². The van der Waals surface area contributed by atoms with Crippen LogP contribution in [0.4, 0.5) is 0 Å². The summed E-state index contributed by atoms with van der Waals surface area (Å²) in [5.74, 6) is -0.367. The van der Waals surface area contributed by atoms with Gasteiger partial charge in [-0.05, 0) is 51.7 Å². The van der Waals surface area contributed by atoms with Crippen molar-refractivity contribution in [2.45, 2.75) is 59.5 Å². The van der Waals surface area contributed by atoms with E-state index in [1.165, 1.54) is 45.0 Å². The Labute approximate surface area is 277 Å². The predicted molar refractivity (Wildman–Crippen MR) is 183 cm³/mol. The lowest BCUT2D eigenvalue weighted by molar-refractivity contribution is -0.122. The van der Waals surface area contributed by atoms with E-state index in [0.717, 1.165) is 41.4 Å². The van der Waals surface area contributed by atoms with E-state index in [1.807, 2.05) is 14.1 Å². The number of aryl methyl sites for hydroxylation is 2. The number of unbranched alkanes of at least 4 members (excludes halogenated alkanes) is 1. The highest BCUT2D eigenvalue weighted by Gasteiger charge is 2.17. The number of imidazole rings is 2. The number of rotatable bonds is 12. The lowest BCUT2D eigenvalue weighted by Crippen LogP contribution is -2.38. The molecule has 17 heteroatoms. The van der Waals surface area contributed by atoms with Gasteiger partial charge in [-0.1, -0.05) is 20.8 Å². The third-order valence-corrected chi connectivity index (χ3v) is 7.84. The van der Waals surface area contributed by atoms with Gasteiger partial charge in [-0.25, -0.2) is 19.6 Å². The zero-order chi connectivity index (χ0) is 35.9. The van der Waals surface area contributed by atoms with E-state index >= 15 is 0 Å². The number of nitrogens with one attached hydrogen (secondary N) is 2. The Morgan fingerprint density at radius 2 is 1.10 bits per heavy atom. The molecule has 4 heterocycles. The van der Waals surface area contributed by atoms with Crippen molar-refractivity contribution in [1.29, 1.82) is 0 Å². The SMILES string of the molecule is CN(C)CCCCNC(=O)Cn1cnc2c1c(=O)n(C)c(=O)n2C.Cn1c(=O)c2c(ncn2CC(=O)NCCCC(C)(C)C)n(C)c1=O. The summed E-state index contributed by atoms with van der Waals surface area (Å²) in [5.41, 5.74) is -0.484. The molecule has 2 amide bonds. The van der Waals surface area contributed by atoms with Gasteiger partial charge in [0.05, 0.1) is 12.7 Å². The molecule has 4 rings (SSSR count). The molecule has 4 aromatic rings. The quantitative estimate of drug-likeness (QED) is 0.183. The first kappa shape index (κ1) is 37.7. The Hall–Kier alpha value is -4.80. The molecule has 0 fully saturated rings. The second-order valence-corrected chi connectivity index (χ2v) is 13.4. The summed E-state index contributed by atoms with van der Waals surface area (Å²) in [6, 6.07) is 0. The van der Waals surface area contributed by atoms with Crippen LogP contribution in [0.25, 0.3) is 22.3 Å². The number of fused-ring (bicyclic) bond motifs is 2. The highest BCUT2D eigenvalue weighted by molar-refractivity contribution is 5.79. The van der Waals surface area contributed by atoms with E-state index < -0.39 is 22.5 Å². The maximum Gasteiger partial charge on any atom is 0.332 e. The number of aromatic nitrogens is 8. The van der Waals surface area contributed by atoms with Crippen LogP contribution in [0.2, 0.25) is 0 Å². The zero-order valence-corrected chi connectivity index (χ0v) is 29.5. The predicted octanol–water partition coefficient (Wildman–Crippen LogP) is -0.732. The fourth-order valence-corrected chi connectivity index (χ4v) is 5.08. The summed E-state index contributed by atoms with van der Waals surface area (Å²) < 4.78 is 7.59. The fourth-order valence-electron chi connectivity index (χ4n) is 5.08. The maximum atomic E-state index is 12.3. The average molecular weight is 672 g/mol. The molecule has 4 aromatic heterocycles. The van der Waals surface area contributed by atoms with Crippen LogP contribution in [0, 0.1) is 5.41 Å². The van der Waals surface area contributed by atoms with E-state index in [1.54, 1.807) is 14.1 Å². The number of carbonyl (C=O) groups is 2. The molecule has 0 aromatic carbocycles. The van der Waals surface area contributed by atoms with E-state index in [0.29, 0.717) is 13.1 Å². The van der Waals surface area contributed by atoms with Crippen LogP contribution in [0.3, 0.4) is 0 Å². The Kier molecular flexibility index (Phi) is 12.4. The van der Waals surface area contributed by atoms with Crippen molar-refractivity contribution in [3.8, 4) is 0 Å². The van der Waals surface area contributed by atoms with Crippen LogP contribution in [-0.2, 0) is 50.9 Å². The highest BCUT2D eigenvalue weighted by atomic mass is 16.2. The van der Waals surface area contributed by atoms with Gasteiger partial charge in [0.2, 0.25) is 11.8 Å². The molecule has 17 nitrogen and oxygen atoms in total. The third-order valence-electron chi connectivity index (χ3n) is 7.84. The van der Waals surface area contributed by atoms with Gasteiger partial charge in [0.15, 0.2) is 22.3 Å². The van der Waals surface area contributed by atoms with E-state index in [9.17, 15) is 28.8 Å². The first-order valence-corrected chi connectivity index (χ1v) is 15.8. The molecule has 0 aliphatic carbocycles. The van der Waals surface area contributed by atoms with Crippen molar-refractivity contribution in [3.05, 3.63) is 54.3 Å². The Bertz CT molecular complexity index is 2000. The Balaban J connectivity index is 0.000000260. The normalized spacial score (nSPS) is 11.6. The number of carbonyl (C=O) groups excluding carboxylic acids is 2. The maximum absolute atomic E-state index is 12.3. The minimum absolute atomic E-state index is 0.000534. The fraction of sp³-hybridized carbons (Fsp3) is 0.613. The highest BCUT2D eigenvalue weighted by Crippen LogP contribution is 2.19. The second kappa shape index (κ2) is 15.9. The molecule has 2 N–H and O–H groups in total. The first-order valence-electron chi connectivity index (χ1n) is 15.8. The summed E-state index contributed by atoms with van der Waals surface area (Å²) in [5, 5.41) is 5.69. The lowest BCUT2D eigenvalue weighted by Gasteiger charge is -2.17. The van der Waals surface area contributed by atoms with Gasteiger partial charge >= 0.3 is 11.4 Å². The zero-order valence-electron chi connectivity index (χ0n) is 29.5. The number of hydrogen-bond acceptors (Lipinski definition) is 9. The van der Waals surface area contributed by atoms with Crippen LogP contribution in [0.1, 0.15) is 46.5 Å². The molecule has 264 valence electrons. The lowest BCUT2D eigenvalue weighted by atomic mass is 9.91. The van der Waals surface area contributed by atoms with Gasteiger partial charge in [-0.15, -0.1) is 0 Å². The van der Waals surface area contributed by atoms with E-state index in [-0.39, 0.29) is 52.6 Å². The Morgan fingerprint density at radius 1 is 0.688 bits per heavy atom. The summed E-state index contributed by atoms with van der Waals surface area (Å²) in [6.45, 7) is 8.64. The molecule has 0 radical (unpaired) electrons. The number of amides is 2. The molecule has 48 heavy (non-hydrogen) atoms. The largest absolute Gasteiger partial charge is 0.355 e. The summed E-state index contributed by atoms with van der Waals surface area (Å²) in [6.07, 6.45) is 6.65. The van der Waals surface area contributed by atoms with Crippen LogP contribution in [-0.4, -0.2) is 87.8 Å². The van der Waals surface area contributed by atoms with Gasteiger partial charge in [0.25, 0.3) is 11.1 Å². The van der Waals surface area contributed by atoms with Crippen molar-refractivity contribution < 1.29 is 9.59 Å². The van der Waals surface area contributed by atoms with E-state index in [4.69, 9.17) is 0 Å². The molecule has 0 unspecified atom stereocenters. The minimum atomic E-state index is -0.454. The van der Waals surface area contributed by atoms with Crippen molar-refractivity contribution in [2.24, 2.45) is 33.6 Å².